The summed E-state index contributed by atoms with van der Waals surface area (Å²) in [4.78, 5) is 39.1. The number of ether oxygens (including phenoxy) is 1. The standard InChI is InChI=1S/C20H27ClN2O4/c1-12-8-7-9-13(2)23(12)19(25)15(4)27-20(26)14(3)22-18(24)16-10-5-6-11-17(16)21/h5-6,10-15H,7-9H2,1-4H3,(H,22,24). The third-order valence-corrected chi connectivity index (χ3v) is 5.24. The van der Waals surface area contributed by atoms with Gasteiger partial charge in [0.05, 0.1) is 10.6 Å². The van der Waals surface area contributed by atoms with Crippen LogP contribution in [0.4, 0.5) is 0 Å². The van der Waals surface area contributed by atoms with Crippen molar-refractivity contribution >= 4 is 29.4 Å². The lowest BCUT2D eigenvalue weighted by molar-refractivity contribution is -0.163. The molecule has 1 aromatic carbocycles. The van der Waals surface area contributed by atoms with E-state index < -0.39 is 24.0 Å². The molecule has 1 aliphatic heterocycles. The quantitative estimate of drug-likeness (QED) is 0.778. The molecule has 1 heterocycles. The van der Waals surface area contributed by atoms with Gasteiger partial charge in [0.25, 0.3) is 11.8 Å². The Morgan fingerprint density at radius 2 is 1.74 bits per heavy atom. The lowest BCUT2D eigenvalue weighted by Crippen LogP contribution is -2.52. The molecule has 1 saturated heterocycles. The Morgan fingerprint density at radius 3 is 2.33 bits per heavy atom. The molecule has 0 radical (unpaired) electrons. The molecular formula is C20H27ClN2O4. The van der Waals surface area contributed by atoms with Crippen LogP contribution in [0.25, 0.3) is 0 Å². The van der Waals surface area contributed by atoms with Gasteiger partial charge in [-0.05, 0) is 59.1 Å². The van der Waals surface area contributed by atoms with Gasteiger partial charge in [-0.15, -0.1) is 0 Å². The van der Waals surface area contributed by atoms with E-state index in [0.717, 1.165) is 19.3 Å². The molecular weight excluding hydrogens is 368 g/mol. The average Bonchev–Trinajstić information content (AvgIpc) is 2.61. The summed E-state index contributed by atoms with van der Waals surface area (Å²) < 4.78 is 5.31. The Labute approximate surface area is 165 Å². The van der Waals surface area contributed by atoms with E-state index in [1.165, 1.54) is 6.92 Å². The number of likely N-dealkylation sites (tertiary alicyclic amines) is 1. The molecule has 1 aromatic rings. The minimum absolute atomic E-state index is 0.125. The van der Waals surface area contributed by atoms with Crippen LogP contribution in [-0.4, -0.2) is 46.9 Å². The molecule has 1 aliphatic rings. The predicted molar refractivity (Wildman–Crippen MR) is 104 cm³/mol. The number of rotatable bonds is 5. The Morgan fingerprint density at radius 1 is 1.15 bits per heavy atom. The molecule has 1 N–H and O–H groups in total. The minimum Gasteiger partial charge on any atom is -0.451 e. The fourth-order valence-electron chi connectivity index (χ4n) is 3.37. The zero-order valence-electron chi connectivity index (χ0n) is 16.2. The van der Waals surface area contributed by atoms with Crippen LogP contribution in [0.5, 0.6) is 0 Å². The second kappa shape index (κ2) is 9.22. The molecule has 0 aliphatic carbocycles. The summed E-state index contributed by atoms with van der Waals surface area (Å²) in [5.41, 5.74) is 0.277. The maximum absolute atomic E-state index is 12.7. The molecule has 7 heteroatoms. The summed E-state index contributed by atoms with van der Waals surface area (Å²) in [6.07, 6.45) is 2.08. The molecule has 4 unspecified atom stereocenters. The van der Waals surface area contributed by atoms with Gasteiger partial charge in [-0.2, -0.15) is 0 Å². The molecule has 0 spiro atoms. The fraction of sp³-hybridized carbons (Fsp3) is 0.550. The Hall–Kier alpha value is -2.08. The van der Waals surface area contributed by atoms with Crippen LogP contribution in [0.3, 0.4) is 0 Å². The molecule has 6 nitrogen and oxygen atoms in total. The van der Waals surface area contributed by atoms with Crippen molar-refractivity contribution in [1.82, 2.24) is 10.2 Å². The van der Waals surface area contributed by atoms with Gasteiger partial charge in [0.15, 0.2) is 6.10 Å². The van der Waals surface area contributed by atoms with Crippen LogP contribution < -0.4 is 5.32 Å². The van der Waals surface area contributed by atoms with Crippen LogP contribution in [-0.2, 0) is 14.3 Å². The van der Waals surface area contributed by atoms with Crippen LogP contribution >= 0.6 is 11.6 Å². The summed E-state index contributed by atoms with van der Waals surface area (Å²) >= 11 is 5.99. The van der Waals surface area contributed by atoms with Gasteiger partial charge in [-0.25, -0.2) is 4.79 Å². The number of amides is 2. The van der Waals surface area contributed by atoms with Crippen molar-refractivity contribution in [2.45, 2.75) is 71.2 Å². The summed E-state index contributed by atoms with van der Waals surface area (Å²) in [5, 5.41) is 2.85. The van der Waals surface area contributed by atoms with Crippen molar-refractivity contribution in [3.63, 3.8) is 0 Å². The molecule has 1 fully saturated rings. The van der Waals surface area contributed by atoms with E-state index in [2.05, 4.69) is 5.32 Å². The third-order valence-electron chi connectivity index (χ3n) is 4.91. The van der Waals surface area contributed by atoms with Crippen molar-refractivity contribution in [2.75, 3.05) is 0 Å². The highest BCUT2D eigenvalue weighted by Crippen LogP contribution is 2.23. The molecule has 27 heavy (non-hydrogen) atoms. The van der Waals surface area contributed by atoms with Gasteiger partial charge in [0.1, 0.15) is 6.04 Å². The number of esters is 1. The van der Waals surface area contributed by atoms with Crippen molar-refractivity contribution in [2.24, 2.45) is 0 Å². The predicted octanol–water partition coefficient (Wildman–Crippen LogP) is 3.18. The SMILES string of the molecule is CC(NC(=O)c1ccccc1Cl)C(=O)OC(C)C(=O)N1C(C)CCCC1C. The molecule has 148 valence electrons. The summed E-state index contributed by atoms with van der Waals surface area (Å²) in [5.74, 6) is -1.33. The van der Waals surface area contributed by atoms with E-state index in [4.69, 9.17) is 16.3 Å². The number of hydrogen-bond donors (Lipinski definition) is 1. The van der Waals surface area contributed by atoms with Gasteiger partial charge in [0, 0.05) is 12.1 Å². The van der Waals surface area contributed by atoms with Gasteiger partial charge >= 0.3 is 5.97 Å². The summed E-state index contributed by atoms with van der Waals surface area (Å²) in [7, 11) is 0. The van der Waals surface area contributed by atoms with Gasteiger partial charge in [0.2, 0.25) is 0 Å². The normalized spacial score (nSPS) is 21.9. The molecule has 2 rings (SSSR count). The van der Waals surface area contributed by atoms with E-state index in [1.54, 1.807) is 36.1 Å². The number of benzene rings is 1. The van der Waals surface area contributed by atoms with Crippen LogP contribution in [0.15, 0.2) is 24.3 Å². The second-order valence-electron chi connectivity index (χ2n) is 7.13. The van der Waals surface area contributed by atoms with Crippen LogP contribution in [0.2, 0.25) is 5.02 Å². The number of hydrogen-bond acceptors (Lipinski definition) is 4. The maximum atomic E-state index is 12.7. The van der Waals surface area contributed by atoms with Crippen molar-refractivity contribution < 1.29 is 19.1 Å². The average molecular weight is 395 g/mol. The minimum atomic E-state index is -0.903. The monoisotopic (exact) mass is 394 g/mol. The third kappa shape index (κ3) is 5.22. The van der Waals surface area contributed by atoms with Crippen molar-refractivity contribution in [3.8, 4) is 0 Å². The number of piperidine rings is 1. The molecule has 2 amide bonds. The number of nitrogens with zero attached hydrogens (tertiary/aromatic N) is 1. The summed E-state index contributed by atoms with van der Waals surface area (Å²) in [6, 6.07) is 5.92. The molecule has 4 atom stereocenters. The molecule has 0 aromatic heterocycles. The topological polar surface area (TPSA) is 75.7 Å². The number of halogens is 1. The first-order valence-corrected chi connectivity index (χ1v) is 9.68. The van der Waals surface area contributed by atoms with E-state index in [-0.39, 0.29) is 23.6 Å². The van der Waals surface area contributed by atoms with Crippen LogP contribution in [0, 0.1) is 0 Å². The molecule has 0 bridgehead atoms. The highest BCUT2D eigenvalue weighted by molar-refractivity contribution is 6.33. The Kier molecular flexibility index (Phi) is 7.25. The first-order chi connectivity index (χ1) is 12.7. The Bertz CT molecular complexity index is 699. The molecule has 0 saturated carbocycles. The van der Waals surface area contributed by atoms with Crippen molar-refractivity contribution in [1.29, 1.82) is 0 Å². The Balaban J connectivity index is 1.94. The van der Waals surface area contributed by atoms with E-state index >= 15 is 0 Å². The zero-order chi connectivity index (χ0) is 20.1. The fourth-order valence-corrected chi connectivity index (χ4v) is 3.59. The van der Waals surface area contributed by atoms with E-state index in [1.807, 2.05) is 13.8 Å². The number of carbonyl (C=O) groups is 3. The summed E-state index contributed by atoms with van der Waals surface area (Å²) in [6.45, 7) is 7.10. The van der Waals surface area contributed by atoms with E-state index in [0.29, 0.717) is 5.02 Å². The first kappa shape index (κ1) is 21.2. The van der Waals surface area contributed by atoms with Crippen LogP contribution in [0.1, 0.15) is 57.3 Å². The second-order valence-corrected chi connectivity index (χ2v) is 7.54. The first-order valence-electron chi connectivity index (χ1n) is 9.30. The van der Waals surface area contributed by atoms with E-state index in [9.17, 15) is 14.4 Å². The number of carbonyl (C=O) groups excluding carboxylic acids is 3. The lowest BCUT2D eigenvalue weighted by Gasteiger charge is -2.40. The maximum Gasteiger partial charge on any atom is 0.329 e. The smallest absolute Gasteiger partial charge is 0.329 e. The lowest BCUT2D eigenvalue weighted by atomic mass is 9.97. The van der Waals surface area contributed by atoms with Gasteiger partial charge < -0.3 is 15.0 Å². The van der Waals surface area contributed by atoms with Crippen molar-refractivity contribution in [3.05, 3.63) is 34.9 Å². The largest absolute Gasteiger partial charge is 0.451 e. The number of nitrogens with one attached hydrogen (secondary N) is 1. The highest BCUT2D eigenvalue weighted by Gasteiger charge is 2.34. The van der Waals surface area contributed by atoms with Gasteiger partial charge in [-0.3, -0.25) is 9.59 Å². The zero-order valence-corrected chi connectivity index (χ0v) is 17.0. The van der Waals surface area contributed by atoms with Gasteiger partial charge in [-0.1, -0.05) is 23.7 Å². The highest BCUT2D eigenvalue weighted by atomic mass is 35.5.